The van der Waals surface area contributed by atoms with Crippen molar-refractivity contribution >= 4 is 11.5 Å². The first-order valence-electron chi connectivity index (χ1n) is 5.25. The average Bonchev–Trinajstić information content (AvgIpc) is 2.65. The van der Waals surface area contributed by atoms with Crippen molar-refractivity contribution in [3.05, 3.63) is 34.2 Å². The molecule has 0 atom stereocenters. The van der Waals surface area contributed by atoms with Gasteiger partial charge in [-0.1, -0.05) is 21.7 Å². The molecule has 0 radical (unpaired) electrons. The summed E-state index contributed by atoms with van der Waals surface area (Å²) < 4.78 is 4.03. The summed E-state index contributed by atoms with van der Waals surface area (Å²) in [5.74, 6) is 0. The third-order valence-corrected chi connectivity index (χ3v) is 3.11. The predicted octanol–water partition coefficient (Wildman–Crippen LogP) is 2.54. The molecule has 16 heavy (non-hydrogen) atoms. The molecule has 0 aliphatic carbocycles. The minimum Gasteiger partial charge on any atom is -0.315 e. The highest BCUT2D eigenvalue weighted by Crippen LogP contribution is 2.25. The molecule has 2 aromatic rings. The zero-order valence-electron chi connectivity index (χ0n) is 9.74. The second-order valence-electron chi connectivity index (χ2n) is 3.95. The normalized spacial score (nSPS) is 10.7. The molecule has 0 saturated heterocycles. The highest BCUT2D eigenvalue weighted by Gasteiger charge is 2.10. The van der Waals surface area contributed by atoms with E-state index in [1.54, 1.807) is 0 Å². The molecule has 0 unspecified atom stereocenters. The van der Waals surface area contributed by atoms with E-state index < -0.39 is 0 Å². The van der Waals surface area contributed by atoms with Crippen LogP contribution in [0.4, 0.5) is 0 Å². The maximum atomic E-state index is 4.22. The lowest BCUT2D eigenvalue weighted by atomic mass is 10.0. The summed E-state index contributed by atoms with van der Waals surface area (Å²) in [6.07, 6.45) is 0. The molecule has 0 aliphatic rings. The van der Waals surface area contributed by atoms with Crippen LogP contribution in [0.5, 0.6) is 0 Å². The third kappa shape index (κ3) is 2.28. The summed E-state index contributed by atoms with van der Waals surface area (Å²) in [5.41, 5.74) is 4.69. The van der Waals surface area contributed by atoms with Gasteiger partial charge in [0.05, 0.1) is 4.88 Å². The van der Waals surface area contributed by atoms with Crippen LogP contribution in [0, 0.1) is 13.8 Å². The van der Waals surface area contributed by atoms with Crippen LogP contribution in [0.3, 0.4) is 0 Å². The lowest BCUT2D eigenvalue weighted by Crippen LogP contribution is -2.04. The summed E-state index contributed by atoms with van der Waals surface area (Å²) in [6, 6.07) is 6.48. The van der Waals surface area contributed by atoms with Crippen LogP contribution in [-0.2, 0) is 6.54 Å². The van der Waals surface area contributed by atoms with Gasteiger partial charge in [-0.15, -0.1) is 5.10 Å². The fourth-order valence-electron chi connectivity index (χ4n) is 1.82. The Labute approximate surface area is 99.7 Å². The smallest absolute Gasteiger partial charge is 0.110 e. The van der Waals surface area contributed by atoms with Crippen LogP contribution in [0.15, 0.2) is 18.2 Å². The Morgan fingerprint density at radius 2 is 1.88 bits per heavy atom. The Bertz CT molecular complexity index is 471. The van der Waals surface area contributed by atoms with Crippen molar-refractivity contribution in [2.45, 2.75) is 20.4 Å². The molecular weight excluding hydrogens is 218 g/mol. The van der Waals surface area contributed by atoms with Gasteiger partial charge < -0.3 is 5.32 Å². The van der Waals surface area contributed by atoms with Gasteiger partial charge in [0.25, 0.3) is 0 Å². The molecule has 1 heterocycles. The predicted molar refractivity (Wildman–Crippen MR) is 67.6 cm³/mol. The number of rotatable bonds is 3. The van der Waals surface area contributed by atoms with Crippen LogP contribution in [0.25, 0.3) is 11.3 Å². The minimum absolute atomic E-state index is 0.819. The van der Waals surface area contributed by atoms with Gasteiger partial charge in [-0.05, 0) is 44.6 Å². The Balaban J connectivity index is 2.45. The Kier molecular flexibility index (Phi) is 3.31. The first-order valence-corrected chi connectivity index (χ1v) is 6.02. The van der Waals surface area contributed by atoms with Gasteiger partial charge in [0.1, 0.15) is 5.69 Å². The van der Waals surface area contributed by atoms with Crippen molar-refractivity contribution < 1.29 is 0 Å². The van der Waals surface area contributed by atoms with Crippen LogP contribution >= 0.6 is 11.5 Å². The number of nitrogens with zero attached hydrogens (tertiary/aromatic N) is 2. The van der Waals surface area contributed by atoms with E-state index in [0.29, 0.717) is 0 Å². The maximum Gasteiger partial charge on any atom is 0.110 e. The van der Waals surface area contributed by atoms with Crippen molar-refractivity contribution in [3.63, 3.8) is 0 Å². The standard InChI is InChI=1S/C12H15N3S/c1-8-4-9(2)6-10(5-8)12-11(7-13-3)16-15-14-12/h4-6,13H,7H2,1-3H3. The molecule has 3 nitrogen and oxygen atoms in total. The number of benzene rings is 1. The zero-order valence-corrected chi connectivity index (χ0v) is 10.6. The first-order chi connectivity index (χ1) is 7.70. The van der Waals surface area contributed by atoms with Crippen LogP contribution in [0.1, 0.15) is 16.0 Å². The molecule has 2 rings (SSSR count). The third-order valence-electron chi connectivity index (χ3n) is 2.39. The first kappa shape index (κ1) is 11.2. The molecule has 0 amide bonds. The second-order valence-corrected chi connectivity index (χ2v) is 4.79. The van der Waals surface area contributed by atoms with E-state index in [1.807, 2.05) is 7.05 Å². The van der Waals surface area contributed by atoms with Gasteiger partial charge in [0, 0.05) is 12.1 Å². The fraction of sp³-hybridized carbons (Fsp3) is 0.333. The number of aromatic nitrogens is 2. The Morgan fingerprint density at radius 1 is 1.19 bits per heavy atom. The quantitative estimate of drug-likeness (QED) is 0.885. The number of nitrogens with one attached hydrogen (secondary N) is 1. The van der Waals surface area contributed by atoms with Gasteiger partial charge in [-0.3, -0.25) is 0 Å². The van der Waals surface area contributed by atoms with Crippen LogP contribution < -0.4 is 5.32 Å². The van der Waals surface area contributed by atoms with Crippen molar-refractivity contribution in [3.8, 4) is 11.3 Å². The van der Waals surface area contributed by atoms with Crippen molar-refractivity contribution in [1.29, 1.82) is 0 Å². The SMILES string of the molecule is CNCc1snnc1-c1cc(C)cc(C)c1. The van der Waals surface area contributed by atoms with Gasteiger partial charge in [-0.25, -0.2) is 0 Å². The second kappa shape index (κ2) is 4.72. The van der Waals surface area contributed by atoms with E-state index in [1.165, 1.54) is 27.5 Å². The monoisotopic (exact) mass is 233 g/mol. The van der Waals surface area contributed by atoms with E-state index in [9.17, 15) is 0 Å². The molecule has 0 aliphatic heterocycles. The molecule has 0 fully saturated rings. The van der Waals surface area contributed by atoms with Crippen LogP contribution in [-0.4, -0.2) is 16.6 Å². The summed E-state index contributed by atoms with van der Waals surface area (Å²) in [6.45, 7) is 5.03. The number of hydrogen-bond donors (Lipinski definition) is 1. The minimum atomic E-state index is 0.819. The highest BCUT2D eigenvalue weighted by atomic mass is 32.1. The fourth-order valence-corrected chi connectivity index (χ4v) is 2.49. The highest BCUT2D eigenvalue weighted by molar-refractivity contribution is 7.05. The van der Waals surface area contributed by atoms with Gasteiger partial charge in [-0.2, -0.15) is 0 Å². The molecule has 0 bridgehead atoms. The molecule has 0 saturated carbocycles. The zero-order chi connectivity index (χ0) is 11.5. The summed E-state index contributed by atoms with van der Waals surface area (Å²) >= 11 is 1.46. The van der Waals surface area contributed by atoms with Gasteiger partial charge >= 0.3 is 0 Å². The van der Waals surface area contributed by atoms with E-state index in [2.05, 4.69) is 47.0 Å². The van der Waals surface area contributed by atoms with E-state index in [4.69, 9.17) is 0 Å². The lowest BCUT2D eigenvalue weighted by Gasteiger charge is -2.04. The molecule has 84 valence electrons. The topological polar surface area (TPSA) is 37.8 Å². The molecule has 4 heteroatoms. The molecular formula is C12H15N3S. The number of aryl methyl sites for hydroxylation is 2. The van der Waals surface area contributed by atoms with Crippen molar-refractivity contribution in [1.82, 2.24) is 14.9 Å². The molecule has 0 spiro atoms. The van der Waals surface area contributed by atoms with E-state index in [-0.39, 0.29) is 0 Å². The largest absolute Gasteiger partial charge is 0.315 e. The summed E-state index contributed by atoms with van der Waals surface area (Å²) in [4.78, 5) is 1.19. The molecule has 1 aromatic heterocycles. The lowest BCUT2D eigenvalue weighted by molar-refractivity contribution is 0.830. The summed E-state index contributed by atoms with van der Waals surface area (Å²) in [7, 11) is 1.94. The summed E-state index contributed by atoms with van der Waals surface area (Å²) in [5, 5.41) is 7.36. The Morgan fingerprint density at radius 3 is 2.50 bits per heavy atom. The van der Waals surface area contributed by atoms with Gasteiger partial charge in [0.15, 0.2) is 0 Å². The average molecular weight is 233 g/mol. The van der Waals surface area contributed by atoms with Gasteiger partial charge in [0.2, 0.25) is 0 Å². The Hall–Kier alpha value is -1.26. The van der Waals surface area contributed by atoms with Crippen LogP contribution in [0.2, 0.25) is 0 Å². The molecule has 1 aromatic carbocycles. The van der Waals surface area contributed by atoms with E-state index >= 15 is 0 Å². The van der Waals surface area contributed by atoms with E-state index in [0.717, 1.165) is 17.8 Å². The molecule has 1 N–H and O–H groups in total. The van der Waals surface area contributed by atoms with Crippen molar-refractivity contribution in [2.24, 2.45) is 0 Å². The maximum absolute atomic E-state index is 4.22. The van der Waals surface area contributed by atoms with Crippen molar-refractivity contribution in [2.75, 3.05) is 7.05 Å². The number of hydrogen-bond acceptors (Lipinski definition) is 4.